The van der Waals surface area contributed by atoms with E-state index in [1.165, 1.54) is 0 Å². The van der Waals surface area contributed by atoms with Crippen LogP contribution in [0, 0.1) is 6.92 Å². The number of aromatic nitrogens is 1. The second-order valence-electron chi connectivity index (χ2n) is 4.81. The summed E-state index contributed by atoms with van der Waals surface area (Å²) < 4.78 is 0. The third-order valence-corrected chi connectivity index (χ3v) is 4.49. The van der Waals surface area contributed by atoms with Crippen LogP contribution < -0.4 is 5.32 Å². The highest BCUT2D eigenvalue weighted by Gasteiger charge is 2.04. The van der Waals surface area contributed by atoms with Gasteiger partial charge in [0, 0.05) is 21.7 Å². The summed E-state index contributed by atoms with van der Waals surface area (Å²) in [5.41, 5.74) is 4.28. The lowest BCUT2D eigenvalue weighted by molar-refractivity contribution is 1.11. The van der Waals surface area contributed by atoms with Crippen LogP contribution in [0.5, 0.6) is 0 Å². The molecule has 0 spiro atoms. The number of halogens is 1. The summed E-state index contributed by atoms with van der Waals surface area (Å²) in [6.45, 7) is 2.70. The average molecular weight is 315 g/mol. The van der Waals surface area contributed by atoms with Crippen LogP contribution in [0.25, 0.3) is 11.3 Å². The van der Waals surface area contributed by atoms with Crippen molar-refractivity contribution in [3.63, 3.8) is 0 Å². The molecule has 1 N–H and O–H groups in total. The van der Waals surface area contributed by atoms with Gasteiger partial charge in [-0.15, -0.1) is 11.3 Å². The van der Waals surface area contributed by atoms with Gasteiger partial charge in [-0.3, -0.25) is 0 Å². The minimum absolute atomic E-state index is 0.705. The van der Waals surface area contributed by atoms with E-state index >= 15 is 0 Å². The summed E-state index contributed by atoms with van der Waals surface area (Å²) in [7, 11) is 0. The summed E-state index contributed by atoms with van der Waals surface area (Å²) in [6, 6.07) is 16.2. The number of benzene rings is 2. The molecule has 0 bridgehead atoms. The standard InChI is InChI=1S/C17H15ClN2S/c1-12-7-8-14(9-15(12)18)19-10-17-20-16(11-21-17)13-5-3-2-4-6-13/h2-9,11,19H,10H2,1H3. The molecule has 0 amide bonds. The summed E-state index contributed by atoms with van der Waals surface area (Å²) >= 11 is 7.79. The van der Waals surface area contributed by atoms with Crippen LogP contribution in [0.15, 0.2) is 53.9 Å². The molecule has 0 saturated heterocycles. The lowest BCUT2D eigenvalue weighted by Crippen LogP contribution is -1.99. The highest BCUT2D eigenvalue weighted by Crippen LogP contribution is 2.23. The molecule has 4 heteroatoms. The highest BCUT2D eigenvalue weighted by atomic mass is 35.5. The first-order valence-corrected chi connectivity index (χ1v) is 7.98. The summed E-state index contributed by atoms with van der Waals surface area (Å²) in [4.78, 5) is 4.66. The first-order chi connectivity index (χ1) is 10.2. The number of rotatable bonds is 4. The van der Waals surface area contributed by atoms with Gasteiger partial charge in [-0.05, 0) is 24.6 Å². The zero-order chi connectivity index (χ0) is 14.7. The quantitative estimate of drug-likeness (QED) is 0.699. The molecule has 0 fully saturated rings. The van der Waals surface area contributed by atoms with Crippen molar-refractivity contribution in [3.05, 3.63) is 69.5 Å². The van der Waals surface area contributed by atoms with E-state index in [0.717, 1.165) is 32.5 Å². The van der Waals surface area contributed by atoms with Gasteiger partial charge in [-0.1, -0.05) is 48.0 Å². The van der Waals surface area contributed by atoms with Crippen molar-refractivity contribution < 1.29 is 0 Å². The van der Waals surface area contributed by atoms with Crippen LogP contribution in [-0.4, -0.2) is 4.98 Å². The van der Waals surface area contributed by atoms with E-state index in [-0.39, 0.29) is 0 Å². The second-order valence-corrected chi connectivity index (χ2v) is 6.16. The molecule has 0 saturated carbocycles. The highest BCUT2D eigenvalue weighted by molar-refractivity contribution is 7.09. The average Bonchev–Trinajstić information content (AvgIpc) is 2.98. The van der Waals surface area contributed by atoms with Gasteiger partial charge in [0.1, 0.15) is 5.01 Å². The molecule has 0 aliphatic heterocycles. The number of thiazole rings is 1. The monoisotopic (exact) mass is 314 g/mol. The van der Waals surface area contributed by atoms with E-state index in [0.29, 0.717) is 6.54 Å². The predicted octanol–water partition coefficient (Wildman–Crippen LogP) is 5.38. The topological polar surface area (TPSA) is 24.9 Å². The maximum Gasteiger partial charge on any atom is 0.112 e. The maximum absolute atomic E-state index is 6.13. The molecule has 3 rings (SSSR count). The Morgan fingerprint density at radius 2 is 1.95 bits per heavy atom. The number of nitrogens with zero attached hydrogens (tertiary/aromatic N) is 1. The van der Waals surface area contributed by atoms with E-state index in [1.807, 2.05) is 43.3 Å². The van der Waals surface area contributed by atoms with Crippen molar-refractivity contribution in [1.29, 1.82) is 0 Å². The van der Waals surface area contributed by atoms with E-state index in [1.54, 1.807) is 11.3 Å². The molecule has 1 aromatic heterocycles. The van der Waals surface area contributed by atoms with Gasteiger partial charge in [0.05, 0.1) is 12.2 Å². The summed E-state index contributed by atoms with van der Waals surface area (Å²) in [5, 5.41) is 7.29. The molecule has 0 radical (unpaired) electrons. The molecule has 1 heterocycles. The zero-order valence-electron chi connectivity index (χ0n) is 11.6. The van der Waals surface area contributed by atoms with E-state index in [2.05, 4.69) is 27.8 Å². The third kappa shape index (κ3) is 3.43. The second kappa shape index (κ2) is 6.29. The molecule has 0 aliphatic rings. The number of nitrogens with one attached hydrogen (secondary N) is 1. The molecule has 3 aromatic rings. The first-order valence-electron chi connectivity index (χ1n) is 6.72. The van der Waals surface area contributed by atoms with Crippen molar-refractivity contribution in [3.8, 4) is 11.3 Å². The van der Waals surface area contributed by atoms with Crippen LogP contribution in [0.4, 0.5) is 5.69 Å². The van der Waals surface area contributed by atoms with E-state index in [4.69, 9.17) is 11.6 Å². The fraction of sp³-hybridized carbons (Fsp3) is 0.118. The molecule has 106 valence electrons. The Morgan fingerprint density at radius 1 is 1.14 bits per heavy atom. The lowest BCUT2D eigenvalue weighted by Gasteiger charge is -2.06. The Balaban J connectivity index is 1.69. The predicted molar refractivity (Wildman–Crippen MR) is 91.1 cm³/mol. The minimum atomic E-state index is 0.705. The van der Waals surface area contributed by atoms with E-state index in [9.17, 15) is 0 Å². The van der Waals surface area contributed by atoms with Gasteiger partial charge in [-0.25, -0.2) is 4.98 Å². The molecular weight excluding hydrogens is 300 g/mol. The Kier molecular flexibility index (Phi) is 4.23. The fourth-order valence-electron chi connectivity index (χ4n) is 2.01. The van der Waals surface area contributed by atoms with Crippen LogP contribution in [0.3, 0.4) is 0 Å². The van der Waals surface area contributed by atoms with Gasteiger partial charge in [0.25, 0.3) is 0 Å². The molecule has 21 heavy (non-hydrogen) atoms. The maximum atomic E-state index is 6.13. The molecule has 0 aliphatic carbocycles. The fourth-order valence-corrected chi connectivity index (χ4v) is 2.94. The zero-order valence-corrected chi connectivity index (χ0v) is 13.2. The SMILES string of the molecule is Cc1ccc(NCc2nc(-c3ccccc3)cs2)cc1Cl. The number of anilines is 1. The summed E-state index contributed by atoms with van der Waals surface area (Å²) in [5.74, 6) is 0. The van der Waals surface area contributed by atoms with Crippen molar-refractivity contribution in [2.75, 3.05) is 5.32 Å². The molecule has 0 atom stereocenters. The third-order valence-electron chi connectivity index (χ3n) is 3.24. The smallest absolute Gasteiger partial charge is 0.112 e. The van der Waals surface area contributed by atoms with Gasteiger partial charge >= 0.3 is 0 Å². The van der Waals surface area contributed by atoms with Crippen molar-refractivity contribution >= 4 is 28.6 Å². The summed E-state index contributed by atoms with van der Waals surface area (Å²) in [6.07, 6.45) is 0. The van der Waals surface area contributed by atoms with Gasteiger partial charge < -0.3 is 5.32 Å². The van der Waals surface area contributed by atoms with Crippen molar-refractivity contribution in [2.24, 2.45) is 0 Å². The number of hydrogen-bond acceptors (Lipinski definition) is 3. The Hall–Kier alpha value is -1.84. The van der Waals surface area contributed by atoms with Crippen LogP contribution >= 0.6 is 22.9 Å². The van der Waals surface area contributed by atoms with Gasteiger partial charge in [-0.2, -0.15) is 0 Å². The van der Waals surface area contributed by atoms with Crippen molar-refractivity contribution in [1.82, 2.24) is 4.98 Å². The van der Waals surface area contributed by atoms with Gasteiger partial charge in [0.15, 0.2) is 0 Å². The Labute approximate surface area is 133 Å². The Bertz CT molecular complexity index is 738. The van der Waals surface area contributed by atoms with Gasteiger partial charge in [0.2, 0.25) is 0 Å². The van der Waals surface area contributed by atoms with Crippen LogP contribution in [-0.2, 0) is 6.54 Å². The van der Waals surface area contributed by atoms with Crippen LogP contribution in [0.2, 0.25) is 5.02 Å². The normalized spacial score (nSPS) is 10.6. The minimum Gasteiger partial charge on any atom is -0.378 e. The largest absolute Gasteiger partial charge is 0.378 e. The molecule has 0 unspecified atom stereocenters. The van der Waals surface area contributed by atoms with E-state index < -0.39 is 0 Å². The first kappa shape index (κ1) is 14.1. The van der Waals surface area contributed by atoms with Crippen LogP contribution in [0.1, 0.15) is 10.6 Å². The lowest BCUT2D eigenvalue weighted by atomic mass is 10.2. The van der Waals surface area contributed by atoms with Crippen molar-refractivity contribution in [2.45, 2.75) is 13.5 Å². The number of aryl methyl sites for hydroxylation is 1. The number of hydrogen-bond donors (Lipinski definition) is 1. The molecule has 2 nitrogen and oxygen atoms in total. The molecule has 2 aromatic carbocycles. The molecular formula is C17H15ClN2S. The Morgan fingerprint density at radius 3 is 2.71 bits per heavy atom.